The summed E-state index contributed by atoms with van der Waals surface area (Å²) in [6, 6.07) is 5.02. The van der Waals surface area contributed by atoms with Crippen LogP contribution in [-0.2, 0) is 0 Å². The van der Waals surface area contributed by atoms with Gasteiger partial charge in [0, 0.05) is 12.0 Å². The third kappa shape index (κ3) is 2.38. The molecule has 2 rings (SSSR count). The molecular weight excluding hydrogens is 250 g/mol. The average molecular weight is 263 g/mol. The Hall–Kier alpha value is -1.82. The van der Waals surface area contributed by atoms with Crippen LogP contribution in [0.15, 0.2) is 18.2 Å². The van der Waals surface area contributed by atoms with Gasteiger partial charge in [-0.2, -0.15) is 0 Å². The number of rotatable bonds is 3. The second kappa shape index (κ2) is 4.81. The molecule has 5 nitrogen and oxygen atoms in total. The van der Waals surface area contributed by atoms with Gasteiger partial charge in [0.25, 0.3) is 5.69 Å². The molecule has 0 unspecified atom stereocenters. The molecule has 0 radical (unpaired) electrons. The highest BCUT2D eigenvalue weighted by molar-refractivity contribution is 7.14. The average Bonchev–Trinajstić information content (AvgIpc) is 2.77. The molecule has 0 saturated carbocycles. The maximum absolute atomic E-state index is 11.0. The fraction of sp³-hybridized carbons (Fsp3) is 0.333. The van der Waals surface area contributed by atoms with Crippen LogP contribution in [-0.4, -0.2) is 15.1 Å². The molecule has 0 spiro atoms. The van der Waals surface area contributed by atoms with E-state index in [4.69, 9.17) is 0 Å². The summed E-state index contributed by atoms with van der Waals surface area (Å²) >= 11 is 1.41. The highest BCUT2D eigenvalue weighted by Crippen LogP contribution is 2.34. The maximum atomic E-state index is 11.0. The first kappa shape index (κ1) is 12.6. The van der Waals surface area contributed by atoms with E-state index in [0.29, 0.717) is 10.6 Å². The van der Waals surface area contributed by atoms with E-state index in [2.05, 4.69) is 10.2 Å². The molecule has 0 aliphatic carbocycles. The van der Waals surface area contributed by atoms with E-state index in [1.807, 2.05) is 20.8 Å². The van der Waals surface area contributed by atoms with Crippen molar-refractivity contribution in [1.29, 1.82) is 0 Å². The molecule has 6 heteroatoms. The lowest BCUT2D eigenvalue weighted by Crippen LogP contribution is -1.92. The van der Waals surface area contributed by atoms with Gasteiger partial charge in [-0.25, -0.2) is 0 Å². The van der Waals surface area contributed by atoms with Crippen LogP contribution in [0.4, 0.5) is 5.69 Å². The number of nitro groups is 1. The van der Waals surface area contributed by atoms with Gasteiger partial charge < -0.3 is 0 Å². The highest BCUT2D eigenvalue weighted by atomic mass is 32.1. The van der Waals surface area contributed by atoms with E-state index >= 15 is 0 Å². The Kier molecular flexibility index (Phi) is 3.38. The fourth-order valence-electron chi connectivity index (χ4n) is 1.56. The lowest BCUT2D eigenvalue weighted by Gasteiger charge is -2.00. The van der Waals surface area contributed by atoms with Crippen LogP contribution in [0, 0.1) is 17.0 Å². The summed E-state index contributed by atoms with van der Waals surface area (Å²) in [6.45, 7) is 5.95. The molecule has 0 aliphatic rings. The smallest absolute Gasteiger partial charge is 0.258 e. The molecule has 0 N–H and O–H groups in total. The minimum atomic E-state index is -0.384. The Labute approximate surface area is 109 Å². The van der Waals surface area contributed by atoms with Gasteiger partial charge in [-0.05, 0) is 18.6 Å². The number of benzene rings is 1. The van der Waals surface area contributed by atoms with Crippen LogP contribution in [0.2, 0.25) is 0 Å². The second-order valence-corrected chi connectivity index (χ2v) is 5.39. The molecule has 0 fully saturated rings. The largest absolute Gasteiger partial charge is 0.279 e. The molecule has 2 aromatic rings. The molecule has 18 heavy (non-hydrogen) atoms. The van der Waals surface area contributed by atoms with Gasteiger partial charge in [-0.1, -0.05) is 31.3 Å². The molecule has 0 saturated heterocycles. The second-order valence-electron chi connectivity index (χ2n) is 4.38. The van der Waals surface area contributed by atoms with Crippen molar-refractivity contribution < 1.29 is 4.92 Å². The highest BCUT2D eigenvalue weighted by Gasteiger charge is 2.19. The minimum Gasteiger partial charge on any atom is -0.258 e. The van der Waals surface area contributed by atoms with Crippen LogP contribution < -0.4 is 0 Å². The van der Waals surface area contributed by atoms with Crippen LogP contribution >= 0.6 is 11.3 Å². The van der Waals surface area contributed by atoms with Crippen molar-refractivity contribution in [2.45, 2.75) is 26.7 Å². The third-order valence-corrected chi connectivity index (χ3v) is 3.77. The number of aromatic nitrogens is 2. The molecular formula is C12H13N3O2S. The third-order valence-electron chi connectivity index (χ3n) is 2.51. The van der Waals surface area contributed by atoms with Crippen molar-refractivity contribution in [2.24, 2.45) is 0 Å². The van der Waals surface area contributed by atoms with E-state index < -0.39 is 0 Å². The summed E-state index contributed by atoms with van der Waals surface area (Å²) in [4.78, 5) is 10.6. The Morgan fingerprint density at radius 2 is 2.06 bits per heavy atom. The minimum absolute atomic E-state index is 0.0760. The van der Waals surface area contributed by atoms with E-state index in [0.717, 1.165) is 10.6 Å². The SMILES string of the molecule is Cc1ccc([N+](=O)[O-])c(-c2nnc(C(C)C)s2)c1. The van der Waals surface area contributed by atoms with Gasteiger partial charge in [0.05, 0.1) is 10.5 Å². The van der Waals surface area contributed by atoms with Crippen LogP contribution in [0.1, 0.15) is 30.3 Å². The predicted octanol–water partition coefficient (Wildman–Crippen LogP) is 3.55. The van der Waals surface area contributed by atoms with Crippen molar-refractivity contribution in [1.82, 2.24) is 10.2 Å². The summed E-state index contributed by atoms with van der Waals surface area (Å²) < 4.78 is 0. The Bertz CT molecular complexity index is 593. The zero-order valence-corrected chi connectivity index (χ0v) is 11.2. The van der Waals surface area contributed by atoms with Crippen molar-refractivity contribution in [2.75, 3.05) is 0 Å². The summed E-state index contributed by atoms with van der Waals surface area (Å²) in [5.74, 6) is 0.278. The first-order valence-corrected chi connectivity index (χ1v) is 6.39. The summed E-state index contributed by atoms with van der Waals surface area (Å²) in [6.07, 6.45) is 0. The van der Waals surface area contributed by atoms with Gasteiger partial charge in [0.15, 0.2) is 5.01 Å². The number of hydrogen-bond donors (Lipinski definition) is 0. The first-order chi connectivity index (χ1) is 8.49. The van der Waals surface area contributed by atoms with Crippen molar-refractivity contribution >= 4 is 17.0 Å². The fourth-order valence-corrected chi connectivity index (χ4v) is 2.43. The van der Waals surface area contributed by atoms with Gasteiger partial charge in [0.2, 0.25) is 0 Å². The number of nitrogens with zero attached hydrogens (tertiary/aromatic N) is 3. The Balaban J connectivity index is 2.54. The Morgan fingerprint density at radius 1 is 1.33 bits per heavy atom. The topological polar surface area (TPSA) is 68.9 Å². The van der Waals surface area contributed by atoms with Crippen molar-refractivity contribution in [3.63, 3.8) is 0 Å². The molecule has 0 bridgehead atoms. The monoisotopic (exact) mass is 263 g/mol. The maximum Gasteiger partial charge on any atom is 0.279 e. The Morgan fingerprint density at radius 3 is 2.61 bits per heavy atom. The molecule has 0 atom stereocenters. The molecule has 0 amide bonds. The molecule has 1 aromatic heterocycles. The summed E-state index contributed by atoms with van der Waals surface area (Å²) in [7, 11) is 0. The van der Waals surface area contributed by atoms with Gasteiger partial charge in [-0.15, -0.1) is 10.2 Å². The summed E-state index contributed by atoms with van der Waals surface area (Å²) in [5, 5.41) is 20.6. The van der Waals surface area contributed by atoms with E-state index in [9.17, 15) is 10.1 Å². The molecule has 1 heterocycles. The number of nitro benzene ring substituents is 1. The van der Waals surface area contributed by atoms with Crippen LogP contribution in [0.5, 0.6) is 0 Å². The van der Waals surface area contributed by atoms with Gasteiger partial charge >= 0.3 is 0 Å². The quantitative estimate of drug-likeness (QED) is 0.627. The molecule has 1 aromatic carbocycles. The van der Waals surface area contributed by atoms with Crippen molar-refractivity contribution in [3.8, 4) is 10.6 Å². The van der Waals surface area contributed by atoms with Crippen molar-refractivity contribution in [3.05, 3.63) is 38.9 Å². The normalized spacial score (nSPS) is 10.9. The predicted molar refractivity (Wildman–Crippen MR) is 70.8 cm³/mol. The lowest BCUT2D eigenvalue weighted by atomic mass is 10.1. The standard InChI is InChI=1S/C12H13N3O2S/c1-7(2)11-13-14-12(18-11)9-6-8(3)4-5-10(9)15(16)17/h4-7H,1-3H3. The molecule has 94 valence electrons. The number of aryl methyl sites for hydroxylation is 1. The van der Waals surface area contributed by atoms with Crippen LogP contribution in [0.25, 0.3) is 10.6 Å². The van der Waals surface area contributed by atoms with Gasteiger partial charge in [0.1, 0.15) is 5.01 Å². The zero-order chi connectivity index (χ0) is 13.3. The van der Waals surface area contributed by atoms with E-state index in [1.165, 1.54) is 17.4 Å². The van der Waals surface area contributed by atoms with Crippen LogP contribution in [0.3, 0.4) is 0 Å². The molecule has 0 aliphatic heterocycles. The van der Waals surface area contributed by atoms with E-state index in [-0.39, 0.29) is 16.5 Å². The van der Waals surface area contributed by atoms with Gasteiger partial charge in [-0.3, -0.25) is 10.1 Å². The zero-order valence-electron chi connectivity index (χ0n) is 10.4. The number of hydrogen-bond acceptors (Lipinski definition) is 5. The summed E-state index contributed by atoms with van der Waals surface area (Å²) in [5.41, 5.74) is 1.59. The lowest BCUT2D eigenvalue weighted by molar-refractivity contribution is -0.384. The van der Waals surface area contributed by atoms with E-state index in [1.54, 1.807) is 12.1 Å². The first-order valence-electron chi connectivity index (χ1n) is 5.58.